The lowest BCUT2D eigenvalue weighted by molar-refractivity contribution is -0.384. The Balaban J connectivity index is 1.55. The first-order chi connectivity index (χ1) is 10.6. The van der Waals surface area contributed by atoms with Gasteiger partial charge in [-0.05, 0) is 30.5 Å². The largest absolute Gasteiger partial charge is 0.271 e. The minimum atomic E-state index is -0.459. The zero-order valence-corrected chi connectivity index (χ0v) is 11.9. The zero-order chi connectivity index (χ0) is 15.5. The quantitative estimate of drug-likeness (QED) is 0.431. The maximum atomic E-state index is 12.1. The van der Waals surface area contributed by atoms with Crippen molar-refractivity contribution in [3.05, 3.63) is 39.9 Å². The zero-order valence-electron chi connectivity index (χ0n) is 11.9. The van der Waals surface area contributed by atoms with Gasteiger partial charge in [0.05, 0.1) is 11.1 Å². The van der Waals surface area contributed by atoms with Gasteiger partial charge in [-0.15, -0.1) is 0 Å². The normalized spacial score (nSPS) is 27.0. The van der Waals surface area contributed by atoms with Gasteiger partial charge in [-0.2, -0.15) is 5.10 Å². The van der Waals surface area contributed by atoms with Crippen molar-refractivity contribution < 1.29 is 9.72 Å². The van der Waals surface area contributed by atoms with Crippen molar-refractivity contribution in [1.29, 1.82) is 0 Å². The molecule has 3 N–H and O–H groups in total. The van der Waals surface area contributed by atoms with Crippen LogP contribution in [0.1, 0.15) is 24.8 Å². The molecule has 8 nitrogen and oxygen atoms in total. The van der Waals surface area contributed by atoms with Crippen LogP contribution >= 0.6 is 0 Å². The molecule has 1 aliphatic carbocycles. The fourth-order valence-electron chi connectivity index (χ4n) is 3.05. The number of rotatable bonds is 4. The third-order valence-corrected chi connectivity index (χ3v) is 4.20. The number of hydrazine groups is 1. The highest BCUT2D eigenvalue weighted by Gasteiger charge is 2.42. The Morgan fingerprint density at radius 2 is 2.09 bits per heavy atom. The molecule has 2 aliphatic rings. The number of fused-ring (bicyclic) bond motifs is 1. The Morgan fingerprint density at radius 1 is 1.32 bits per heavy atom. The molecule has 0 spiro atoms. The second-order valence-corrected chi connectivity index (χ2v) is 5.55. The van der Waals surface area contributed by atoms with E-state index in [-0.39, 0.29) is 17.6 Å². The summed E-state index contributed by atoms with van der Waals surface area (Å²) in [7, 11) is 0. The number of nitrogens with zero attached hydrogens (tertiary/aromatic N) is 2. The minimum Gasteiger partial charge on any atom is -0.271 e. The number of amides is 1. The van der Waals surface area contributed by atoms with Crippen molar-refractivity contribution in [2.24, 2.45) is 11.0 Å². The van der Waals surface area contributed by atoms with Crippen LogP contribution in [-0.4, -0.2) is 29.1 Å². The smallest absolute Gasteiger partial charge is 0.269 e. The third-order valence-electron chi connectivity index (χ3n) is 4.20. The Hall–Kier alpha value is -2.32. The van der Waals surface area contributed by atoms with E-state index in [0.29, 0.717) is 17.5 Å². The fourth-order valence-corrected chi connectivity index (χ4v) is 3.05. The molecule has 1 aliphatic heterocycles. The van der Waals surface area contributed by atoms with E-state index in [9.17, 15) is 14.9 Å². The summed E-state index contributed by atoms with van der Waals surface area (Å²) in [4.78, 5) is 22.2. The van der Waals surface area contributed by atoms with Gasteiger partial charge in [0.25, 0.3) is 11.6 Å². The number of carbonyl (C=O) groups excluding carboxylic acids is 1. The molecule has 0 aromatic heterocycles. The molecule has 1 amide bonds. The van der Waals surface area contributed by atoms with E-state index in [1.54, 1.807) is 12.1 Å². The van der Waals surface area contributed by atoms with E-state index in [1.165, 1.54) is 18.3 Å². The van der Waals surface area contributed by atoms with Crippen LogP contribution in [0.15, 0.2) is 29.4 Å². The first-order valence-electron chi connectivity index (χ1n) is 7.23. The Kier molecular flexibility index (Phi) is 4.12. The van der Waals surface area contributed by atoms with Crippen LogP contribution in [0.4, 0.5) is 5.69 Å². The van der Waals surface area contributed by atoms with Crippen molar-refractivity contribution in [1.82, 2.24) is 16.3 Å². The Morgan fingerprint density at radius 3 is 2.82 bits per heavy atom. The molecule has 3 atom stereocenters. The minimum absolute atomic E-state index is 0.0229. The van der Waals surface area contributed by atoms with Crippen LogP contribution in [-0.2, 0) is 4.79 Å². The monoisotopic (exact) mass is 303 g/mol. The highest BCUT2D eigenvalue weighted by atomic mass is 16.6. The molecule has 3 rings (SSSR count). The molecule has 3 unspecified atom stereocenters. The second-order valence-electron chi connectivity index (χ2n) is 5.55. The number of hydrogen-bond acceptors (Lipinski definition) is 6. The highest BCUT2D eigenvalue weighted by Crippen LogP contribution is 2.31. The Labute approximate surface area is 127 Å². The van der Waals surface area contributed by atoms with Crippen molar-refractivity contribution >= 4 is 17.8 Å². The summed E-state index contributed by atoms with van der Waals surface area (Å²) in [5, 5.41) is 14.5. The van der Waals surface area contributed by atoms with Gasteiger partial charge in [0.2, 0.25) is 0 Å². The standard InChI is InChI=1S/C14H17N5O3/c20-14(13-11-2-1-3-12(11)16-17-13)18-15-8-9-4-6-10(7-5-9)19(21)22/h4-8,11-13,16-17H,1-3H2,(H,18,20)/b15-8+. The lowest BCUT2D eigenvalue weighted by Crippen LogP contribution is -2.44. The molecule has 8 heteroatoms. The van der Waals surface area contributed by atoms with Crippen LogP contribution in [0.25, 0.3) is 0 Å². The molecule has 0 bridgehead atoms. The number of benzene rings is 1. The van der Waals surface area contributed by atoms with Gasteiger partial charge in [0.1, 0.15) is 6.04 Å². The number of nitro benzene ring substituents is 1. The second kappa shape index (κ2) is 6.20. The van der Waals surface area contributed by atoms with Gasteiger partial charge in [-0.1, -0.05) is 6.42 Å². The average molecular weight is 303 g/mol. The first-order valence-corrected chi connectivity index (χ1v) is 7.23. The van der Waals surface area contributed by atoms with E-state index < -0.39 is 4.92 Å². The van der Waals surface area contributed by atoms with Gasteiger partial charge >= 0.3 is 0 Å². The molecule has 22 heavy (non-hydrogen) atoms. The summed E-state index contributed by atoms with van der Waals surface area (Å²) in [5.41, 5.74) is 9.39. The summed E-state index contributed by atoms with van der Waals surface area (Å²) >= 11 is 0. The van der Waals surface area contributed by atoms with E-state index >= 15 is 0 Å². The first kappa shape index (κ1) is 14.6. The summed E-state index contributed by atoms with van der Waals surface area (Å²) in [6.45, 7) is 0. The van der Waals surface area contributed by atoms with Gasteiger partial charge in [-0.3, -0.25) is 20.3 Å². The summed E-state index contributed by atoms with van der Waals surface area (Å²) in [6, 6.07) is 6.06. The van der Waals surface area contributed by atoms with E-state index in [4.69, 9.17) is 0 Å². The lowest BCUT2D eigenvalue weighted by atomic mass is 9.97. The molecular weight excluding hydrogens is 286 g/mol. The van der Waals surface area contributed by atoms with E-state index in [1.807, 2.05) is 0 Å². The number of nitro groups is 1. The molecule has 1 aromatic carbocycles. The molecule has 2 fully saturated rings. The van der Waals surface area contributed by atoms with Gasteiger partial charge in [-0.25, -0.2) is 10.9 Å². The van der Waals surface area contributed by atoms with E-state index in [2.05, 4.69) is 21.4 Å². The predicted octanol–water partition coefficient (Wildman–Crippen LogP) is 0.690. The molecule has 1 aromatic rings. The van der Waals surface area contributed by atoms with Crippen molar-refractivity contribution in [2.75, 3.05) is 0 Å². The van der Waals surface area contributed by atoms with Gasteiger partial charge < -0.3 is 0 Å². The number of nitrogens with one attached hydrogen (secondary N) is 3. The molecule has 116 valence electrons. The van der Waals surface area contributed by atoms with Crippen molar-refractivity contribution in [2.45, 2.75) is 31.3 Å². The predicted molar refractivity (Wildman–Crippen MR) is 80.0 cm³/mol. The fraction of sp³-hybridized carbons (Fsp3) is 0.429. The van der Waals surface area contributed by atoms with E-state index in [0.717, 1.165) is 19.3 Å². The summed E-state index contributed by atoms with van der Waals surface area (Å²) in [5.74, 6) is 0.148. The van der Waals surface area contributed by atoms with Crippen molar-refractivity contribution in [3.8, 4) is 0 Å². The number of carbonyl (C=O) groups is 1. The topological polar surface area (TPSA) is 109 Å². The van der Waals surface area contributed by atoms with Crippen LogP contribution in [0.2, 0.25) is 0 Å². The Bertz CT molecular complexity index is 601. The lowest BCUT2D eigenvalue weighted by Gasteiger charge is -2.14. The van der Waals surface area contributed by atoms with Crippen LogP contribution in [0.5, 0.6) is 0 Å². The molecule has 1 heterocycles. The van der Waals surface area contributed by atoms with Crippen LogP contribution < -0.4 is 16.3 Å². The summed E-state index contributed by atoms with van der Waals surface area (Å²) in [6.07, 6.45) is 4.73. The average Bonchev–Trinajstić information content (AvgIpc) is 3.10. The molecule has 1 saturated carbocycles. The number of hydrogen-bond donors (Lipinski definition) is 3. The number of hydrazone groups is 1. The maximum absolute atomic E-state index is 12.1. The van der Waals surface area contributed by atoms with Crippen LogP contribution in [0.3, 0.4) is 0 Å². The highest BCUT2D eigenvalue weighted by molar-refractivity contribution is 5.85. The van der Waals surface area contributed by atoms with Gasteiger partial charge in [0.15, 0.2) is 0 Å². The molecule has 0 radical (unpaired) electrons. The maximum Gasteiger partial charge on any atom is 0.269 e. The SMILES string of the molecule is O=C(N/N=C/c1ccc([N+](=O)[O-])cc1)C1NNC2CCCC21. The van der Waals surface area contributed by atoms with Crippen molar-refractivity contribution in [3.63, 3.8) is 0 Å². The molecule has 1 saturated heterocycles. The third kappa shape index (κ3) is 2.97. The van der Waals surface area contributed by atoms with Crippen LogP contribution in [0, 0.1) is 16.0 Å². The number of non-ortho nitro benzene ring substituents is 1. The summed E-state index contributed by atoms with van der Waals surface area (Å²) < 4.78 is 0. The molecular formula is C14H17N5O3. The van der Waals surface area contributed by atoms with Gasteiger partial charge in [0, 0.05) is 24.1 Å².